The van der Waals surface area contributed by atoms with Crippen LogP contribution in [0.15, 0.2) is 22.7 Å². The van der Waals surface area contributed by atoms with Crippen molar-refractivity contribution < 1.29 is 9.90 Å². The summed E-state index contributed by atoms with van der Waals surface area (Å²) in [6.45, 7) is 6.07. The third kappa shape index (κ3) is 1.77. The molecule has 2 unspecified atom stereocenters. The van der Waals surface area contributed by atoms with Gasteiger partial charge in [0.2, 0.25) is 0 Å². The topological polar surface area (TPSA) is 37.3 Å². The summed E-state index contributed by atoms with van der Waals surface area (Å²) >= 11 is 3.46. The molecule has 2 atom stereocenters. The van der Waals surface area contributed by atoms with Crippen molar-refractivity contribution in [1.82, 2.24) is 0 Å². The number of rotatable bonds is 2. The molecular formula is C13H15BrO2. The molecule has 2 rings (SSSR count). The van der Waals surface area contributed by atoms with Gasteiger partial charge in [-0.3, -0.25) is 4.79 Å². The van der Waals surface area contributed by atoms with E-state index in [4.69, 9.17) is 5.11 Å². The molecule has 0 bridgehead atoms. The lowest BCUT2D eigenvalue weighted by molar-refractivity contribution is -0.139. The maximum atomic E-state index is 11.1. The van der Waals surface area contributed by atoms with Crippen molar-refractivity contribution >= 4 is 21.9 Å². The van der Waals surface area contributed by atoms with E-state index in [1.165, 1.54) is 0 Å². The molecule has 1 fully saturated rings. The summed E-state index contributed by atoms with van der Waals surface area (Å²) in [5, 5.41) is 9.15. The van der Waals surface area contributed by atoms with Crippen LogP contribution >= 0.6 is 15.9 Å². The summed E-state index contributed by atoms with van der Waals surface area (Å²) in [6, 6.07) is 6.15. The van der Waals surface area contributed by atoms with Crippen LogP contribution in [0.4, 0.5) is 0 Å². The molecular weight excluding hydrogens is 268 g/mol. The Morgan fingerprint density at radius 2 is 2.00 bits per heavy atom. The quantitative estimate of drug-likeness (QED) is 0.900. The SMILES string of the molecule is Cc1cc(Br)cc(C2C(C(=O)O)C2(C)C)c1. The van der Waals surface area contributed by atoms with E-state index < -0.39 is 5.97 Å². The van der Waals surface area contributed by atoms with Gasteiger partial charge in [0.25, 0.3) is 0 Å². The van der Waals surface area contributed by atoms with Gasteiger partial charge in [-0.25, -0.2) is 0 Å². The summed E-state index contributed by atoms with van der Waals surface area (Å²) in [5.41, 5.74) is 2.17. The van der Waals surface area contributed by atoms with Crippen molar-refractivity contribution in [1.29, 1.82) is 0 Å². The van der Waals surface area contributed by atoms with Crippen LogP contribution in [0, 0.1) is 18.3 Å². The predicted molar refractivity (Wildman–Crippen MR) is 66.5 cm³/mol. The number of aliphatic carboxylic acids is 1. The van der Waals surface area contributed by atoms with Crippen LogP contribution in [0.1, 0.15) is 30.9 Å². The molecule has 1 aromatic carbocycles. The Morgan fingerprint density at radius 1 is 1.38 bits per heavy atom. The Labute approximate surface area is 104 Å². The predicted octanol–water partition coefficient (Wildman–Crippen LogP) is 3.58. The third-order valence-electron chi connectivity index (χ3n) is 3.52. The Hall–Kier alpha value is -0.830. The van der Waals surface area contributed by atoms with Crippen LogP contribution in [0.2, 0.25) is 0 Å². The van der Waals surface area contributed by atoms with Gasteiger partial charge in [0.05, 0.1) is 5.92 Å². The molecule has 16 heavy (non-hydrogen) atoms. The second kappa shape index (κ2) is 3.59. The molecule has 0 spiro atoms. The zero-order valence-corrected chi connectivity index (χ0v) is 11.2. The number of aryl methyl sites for hydroxylation is 1. The van der Waals surface area contributed by atoms with Gasteiger partial charge < -0.3 is 5.11 Å². The first-order valence-electron chi connectivity index (χ1n) is 5.34. The summed E-state index contributed by atoms with van der Waals surface area (Å²) in [4.78, 5) is 11.1. The Kier molecular flexibility index (Phi) is 2.61. The average molecular weight is 283 g/mol. The molecule has 1 saturated carbocycles. The van der Waals surface area contributed by atoms with Crippen LogP contribution in [0.5, 0.6) is 0 Å². The van der Waals surface area contributed by atoms with Crippen molar-refractivity contribution in [3.63, 3.8) is 0 Å². The smallest absolute Gasteiger partial charge is 0.307 e. The van der Waals surface area contributed by atoms with E-state index in [-0.39, 0.29) is 17.3 Å². The van der Waals surface area contributed by atoms with Crippen LogP contribution in [-0.2, 0) is 4.79 Å². The lowest BCUT2D eigenvalue weighted by Crippen LogP contribution is -2.03. The minimum Gasteiger partial charge on any atom is -0.481 e. The van der Waals surface area contributed by atoms with Crippen LogP contribution in [-0.4, -0.2) is 11.1 Å². The summed E-state index contributed by atoms with van der Waals surface area (Å²) < 4.78 is 1.02. The molecule has 0 aromatic heterocycles. The molecule has 0 aliphatic heterocycles. The van der Waals surface area contributed by atoms with E-state index in [9.17, 15) is 4.79 Å². The van der Waals surface area contributed by atoms with Gasteiger partial charge in [-0.1, -0.05) is 35.8 Å². The van der Waals surface area contributed by atoms with Crippen LogP contribution in [0.25, 0.3) is 0 Å². The number of hydrogen-bond donors (Lipinski definition) is 1. The van der Waals surface area contributed by atoms with E-state index in [1.54, 1.807) is 0 Å². The number of carboxylic acids is 1. The van der Waals surface area contributed by atoms with Gasteiger partial charge in [0.15, 0.2) is 0 Å². The van der Waals surface area contributed by atoms with Gasteiger partial charge in [0.1, 0.15) is 0 Å². The van der Waals surface area contributed by atoms with Crippen LogP contribution in [0.3, 0.4) is 0 Å². The molecule has 1 aromatic rings. The number of benzene rings is 1. The Morgan fingerprint density at radius 3 is 2.44 bits per heavy atom. The number of halogens is 1. The molecule has 0 heterocycles. The second-order valence-electron chi connectivity index (χ2n) is 5.18. The minimum atomic E-state index is -0.687. The van der Waals surface area contributed by atoms with Crippen molar-refractivity contribution in [2.24, 2.45) is 11.3 Å². The first-order valence-corrected chi connectivity index (χ1v) is 6.13. The Balaban J connectivity index is 2.37. The van der Waals surface area contributed by atoms with Crippen LogP contribution < -0.4 is 0 Å². The van der Waals surface area contributed by atoms with E-state index in [0.29, 0.717) is 0 Å². The monoisotopic (exact) mass is 282 g/mol. The van der Waals surface area contributed by atoms with Gasteiger partial charge >= 0.3 is 5.97 Å². The van der Waals surface area contributed by atoms with Gasteiger partial charge in [-0.2, -0.15) is 0 Å². The summed E-state index contributed by atoms with van der Waals surface area (Å²) in [6.07, 6.45) is 0. The van der Waals surface area contributed by atoms with E-state index >= 15 is 0 Å². The molecule has 0 radical (unpaired) electrons. The third-order valence-corrected chi connectivity index (χ3v) is 3.97. The molecule has 3 heteroatoms. The van der Waals surface area contributed by atoms with Crippen molar-refractivity contribution in [3.8, 4) is 0 Å². The standard InChI is InChI=1S/C13H15BrO2/c1-7-4-8(6-9(14)5-7)10-11(12(15)16)13(10,2)3/h4-6,10-11H,1-3H3,(H,15,16). The first kappa shape index (κ1) is 11.6. The first-order chi connectivity index (χ1) is 7.34. The highest BCUT2D eigenvalue weighted by atomic mass is 79.9. The van der Waals surface area contributed by atoms with Crippen molar-refractivity contribution in [3.05, 3.63) is 33.8 Å². The van der Waals surface area contributed by atoms with Crippen molar-refractivity contribution in [2.45, 2.75) is 26.7 Å². The largest absolute Gasteiger partial charge is 0.481 e. The fourth-order valence-electron chi connectivity index (χ4n) is 2.66. The average Bonchev–Trinajstić information content (AvgIpc) is 2.67. The highest BCUT2D eigenvalue weighted by Crippen LogP contribution is 2.64. The maximum Gasteiger partial charge on any atom is 0.307 e. The fourth-order valence-corrected chi connectivity index (χ4v) is 3.29. The summed E-state index contributed by atoms with van der Waals surface area (Å²) in [7, 11) is 0. The van der Waals surface area contributed by atoms with E-state index in [1.807, 2.05) is 32.9 Å². The maximum absolute atomic E-state index is 11.1. The molecule has 86 valence electrons. The molecule has 2 nitrogen and oxygen atoms in total. The zero-order valence-electron chi connectivity index (χ0n) is 9.62. The molecule has 1 N–H and O–H groups in total. The van der Waals surface area contributed by atoms with Gasteiger partial charge in [-0.05, 0) is 35.6 Å². The molecule has 1 aliphatic carbocycles. The minimum absolute atomic E-state index is 0.126. The molecule has 0 amide bonds. The van der Waals surface area contributed by atoms with E-state index in [0.717, 1.165) is 15.6 Å². The van der Waals surface area contributed by atoms with Crippen molar-refractivity contribution in [2.75, 3.05) is 0 Å². The number of carboxylic acid groups (broad SMARTS) is 1. The normalized spacial score (nSPS) is 26.5. The highest BCUT2D eigenvalue weighted by Gasteiger charge is 2.62. The van der Waals surface area contributed by atoms with E-state index in [2.05, 4.69) is 22.0 Å². The summed E-state index contributed by atoms with van der Waals surface area (Å²) in [5.74, 6) is -0.796. The number of carbonyl (C=O) groups is 1. The fraction of sp³-hybridized carbons (Fsp3) is 0.462. The van der Waals surface area contributed by atoms with Gasteiger partial charge in [0, 0.05) is 10.4 Å². The van der Waals surface area contributed by atoms with Gasteiger partial charge in [-0.15, -0.1) is 0 Å². The second-order valence-corrected chi connectivity index (χ2v) is 6.09. The zero-order chi connectivity index (χ0) is 12.1. The number of hydrogen-bond acceptors (Lipinski definition) is 1. The Bertz CT molecular complexity index is 431. The lowest BCUT2D eigenvalue weighted by atomic mass is 10.0. The lowest BCUT2D eigenvalue weighted by Gasteiger charge is -2.05. The highest BCUT2D eigenvalue weighted by molar-refractivity contribution is 9.10. The molecule has 1 aliphatic rings. The molecule has 0 saturated heterocycles.